The normalized spacial score (nSPS) is 12.2. The summed E-state index contributed by atoms with van der Waals surface area (Å²) >= 11 is 3.40. The van der Waals surface area contributed by atoms with Gasteiger partial charge in [0.05, 0.1) is 17.6 Å². The van der Waals surface area contributed by atoms with Crippen LogP contribution in [0.2, 0.25) is 5.02 Å². The number of methoxy groups -OCH3 is 1. The topological polar surface area (TPSA) is 63.6 Å². The van der Waals surface area contributed by atoms with Crippen molar-refractivity contribution in [3.8, 4) is 0 Å². The van der Waals surface area contributed by atoms with Crippen LogP contribution in [-0.2, 0) is 15.8 Å². The fourth-order valence-electron chi connectivity index (χ4n) is 0.924. The third kappa shape index (κ3) is 2.31. The van der Waals surface area contributed by atoms with E-state index < -0.39 is 17.0 Å². The van der Waals surface area contributed by atoms with Crippen LogP contribution in [0.4, 0.5) is 0 Å². The first-order chi connectivity index (χ1) is 6.56. The van der Waals surface area contributed by atoms with Crippen LogP contribution in [0.25, 0.3) is 0 Å². The number of hydrogen-bond donors (Lipinski definition) is 1. The first kappa shape index (κ1) is 11.2. The summed E-state index contributed by atoms with van der Waals surface area (Å²) in [6.45, 7) is 0. The second-order valence-corrected chi connectivity index (χ2v) is 3.76. The van der Waals surface area contributed by atoms with Crippen molar-refractivity contribution >= 4 is 28.7 Å². The summed E-state index contributed by atoms with van der Waals surface area (Å²) in [5.41, 5.74) is 0.000772. The van der Waals surface area contributed by atoms with Crippen molar-refractivity contribution in [2.24, 2.45) is 0 Å². The maximum atomic E-state index is 11.2. The molecule has 6 heteroatoms. The van der Waals surface area contributed by atoms with Crippen molar-refractivity contribution in [1.29, 1.82) is 0 Å². The lowest BCUT2D eigenvalue weighted by Gasteiger charge is -2.04. The zero-order valence-corrected chi connectivity index (χ0v) is 8.76. The Morgan fingerprint density at radius 2 is 2.21 bits per heavy atom. The van der Waals surface area contributed by atoms with Crippen molar-refractivity contribution in [3.05, 3.63) is 28.8 Å². The van der Waals surface area contributed by atoms with Gasteiger partial charge in [-0.3, -0.25) is 0 Å². The van der Waals surface area contributed by atoms with Crippen LogP contribution in [0.5, 0.6) is 0 Å². The number of carbonyl (C=O) groups is 1. The molecule has 0 fully saturated rings. The quantitative estimate of drug-likeness (QED) is 0.625. The molecule has 4 nitrogen and oxygen atoms in total. The molecule has 0 aliphatic rings. The number of benzene rings is 1. The van der Waals surface area contributed by atoms with Gasteiger partial charge in [-0.15, -0.1) is 0 Å². The second-order valence-electron chi connectivity index (χ2n) is 2.38. The van der Waals surface area contributed by atoms with Crippen molar-refractivity contribution < 1.29 is 18.3 Å². The van der Waals surface area contributed by atoms with Crippen molar-refractivity contribution in [1.82, 2.24) is 0 Å². The molecule has 1 atom stereocenters. The van der Waals surface area contributed by atoms with Gasteiger partial charge in [0.1, 0.15) is 0 Å². The van der Waals surface area contributed by atoms with E-state index >= 15 is 0 Å². The summed E-state index contributed by atoms with van der Waals surface area (Å²) in [6.07, 6.45) is 0. The molecule has 0 bridgehead atoms. The molecule has 1 unspecified atom stereocenters. The van der Waals surface area contributed by atoms with Gasteiger partial charge in [0.15, 0.2) is 11.1 Å². The van der Waals surface area contributed by atoms with Crippen LogP contribution in [0.1, 0.15) is 10.4 Å². The van der Waals surface area contributed by atoms with E-state index in [1.165, 1.54) is 25.3 Å². The highest BCUT2D eigenvalue weighted by molar-refractivity contribution is 7.79. The predicted molar refractivity (Wildman–Crippen MR) is 51.8 cm³/mol. The Kier molecular flexibility index (Phi) is 3.62. The molecule has 0 radical (unpaired) electrons. The van der Waals surface area contributed by atoms with E-state index in [2.05, 4.69) is 4.74 Å². The lowest BCUT2D eigenvalue weighted by atomic mass is 10.2. The molecule has 1 rings (SSSR count). The van der Waals surface area contributed by atoms with Gasteiger partial charge < -0.3 is 9.29 Å². The molecule has 1 aromatic rings. The molecule has 0 amide bonds. The van der Waals surface area contributed by atoms with Gasteiger partial charge in [-0.2, -0.15) is 0 Å². The molecule has 0 aliphatic heterocycles. The summed E-state index contributed by atoms with van der Waals surface area (Å²) in [5.74, 6) is -0.690. The highest BCUT2D eigenvalue weighted by atomic mass is 35.5. The van der Waals surface area contributed by atoms with Gasteiger partial charge in [0, 0.05) is 5.02 Å². The van der Waals surface area contributed by atoms with Gasteiger partial charge in [-0.05, 0) is 18.2 Å². The maximum absolute atomic E-state index is 11.2. The summed E-state index contributed by atoms with van der Waals surface area (Å²) < 4.78 is 24.1. The van der Waals surface area contributed by atoms with Gasteiger partial charge in [-0.1, -0.05) is 11.6 Å². The molecule has 76 valence electrons. The first-order valence-electron chi connectivity index (χ1n) is 3.55. The van der Waals surface area contributed by atoms with Gasteiger partial charge in [0.2, 0.25) is 0 Å². The SMILES string of the molecule is COC(=O)c1cc(Cl)ccc1S(=O)O. The molecule has 1 N–H and O–H groups in total. The van der Waals surface area contributed by atoms with Gasteiger partial charge in [-0.25, -0.2) is 9.00 Å². The highest BCUT2D eigenvalue weighted by Gasteiger charge is 2.15. The minimum Gasteiger partial charge on any atom is -0.465 e. The maximum Gasteiger partial charge on any atom is 0.339 e. The average Bonchev–Trinajstić information content (AvgIpc) is 2.16. The molecule has 1 aromatic carbocycles. The lowest BCUT2D eigenvalue weighted by Crippen LogP contribution is -2.06. The van der Waals surface area contributed by atoms with E-state index in [1.807, 2.05) is 0 Å². The highest BCUT2D eigenvalue weighted by Crippen LogP contribution is 2.19. The minimum absolute atomic E-state index is 0.000772. The van der Waals surface area contributed by atoms with E-state index in [0.29, 0.717) is 5.02 Å². The Morgan fingerprint density at radius 1 is 1.57 bits per heavy atom. The van der Waals surface area contributed by atoms with Gasteiger partial charge >= 0.3 is 5.97 Å². The van der Waals surface area contributed by atoms with Crippen LogP contribution in [0, 0.1) is 0 Å². The van der Waals surface area contributed by atoms with Crippen LogP contribution in [-0.4, -0.2) is 21.8 Å². The number of esters is 1. The third-order valence-electron chi connectivity index (χ3n) is 1.54. The van der Waals surface area contributed by atoms with Crippen molar-refractivity contribution in [2.45, 2.75) is 4.90 Å². The predicted octanol–water partition coefficient (Wildman–Crippen LogP) is 1.71. The number of ether oxygens (including phenoxy) is 1. The van der Waals surface area contributed by atoms with E-state index in [1.54, 1.807) is 0 Å². The number of carbonyl (C=O) groups excluding carboxylic acids is 1. The van der Waals surface area contributed by atoms with E-state index in [0.717, 1.165) is 0 Å². The fraction of sp³-hybridized carbons (Fsp3) is 0.125. The zero-order chi connectivity index (χ0) is 10.7. The number of halogens is 1. The Hall–Kier alpha value is -0.910. The Bertz CT molecular complexity index is 391. The first-order valence-corrected chi connectivity index (χ1v) is 5.03. The summed E-state index contributed by atoms with van der Waals surface area (Å²) in [5, 5.41) is 0.305. The minimum atomic E-state index is -2.23. The fourth-order valence-corrected chi connectivity index (χ4v) is 1.61. The van der Waals surface area contributed by atoms with Crippen molar-refractivity contribution in [2.75, 3.05) is 7.11 Å². The Balaban J connectivity index is 3.29. The molecular formula is C8H7ClO4S. The van der Waals surface area contributed by atoms with E-state index in [9.17, 15) is 9.00 Å². The van der Waals surface area contributed by atoms with Crippen molar-refractivity contribution in [3.63, 3.8) is 0 Å². The number of hydrogen-bond acceptors (Lipinski definition) is 3. The van der Waals surface area contributed by atoms with Crippen LogP contribution in [0.15, 0.2) is 23.1 Å². The smallest absolute Gasteiger partial charge is 0.339 e. The lowest BCUT2D eigenvalue weighted by molar-refractivity contribution is 0.0596. The third-order valence-corrected chi connectivity index (χ3v) is 2.50. The van der Waals surface area contributed by atoms with Gasteiger partial charge in [0.25, 0.3) is 0 Å². The molecule has 14 heavy (non-hydrogen) atoms. The van der Waals surface area contributed by atoms with Crippen LogP contribution < -0.4 is 0 Å². The monoisotopic (exact) mass is 234 g/mol. The molecule has 0 saturated heterocycles. The summed E-state index contributed by atoms with van der Waals surface area (Å²) in [7, 11) is 1.19. The van der Waals surface area contributed by atoms with Crippen LogP contribution in [0.3, 0.4) is 0 Å². The number of rotatable bonds is 2. The van der Waals surface area contributed by atoms with E-state index in [4.69, 9.17) is 16.2 Å². The largest absolute Gasteiger partial charge is 0.465 e. The van der Waals surface area contributed by atoms with Crippen LogP contribution >= 0.6 is 11.6 Å². The molecule has 0 aromatic heterocycles. The Morgan fingerprint density at radius 3 is 2.71 bits per heavy atom. The molecule has 0 heterocycles. The average molecular weight is 235 g/mol. The molecule has 0 aliphatic carbocycles. The summed E-state index contributed by atoms with van der Waals surface area (Å²) in [4.78, 5) is 11.2. The summed E-state index contributed by atoms with van der Waals surface area (Å²) in [6, 6.07) is 4.03. The standard InChI is InChI=1S/C8H7ClO4S/c1-13-8(10)6-4-5(9)2-3-7(6)14(11)12/h2-4H,1H3,(H,11,12). The second kappa shape index (κ2) is 4.54. The zero-order valence-electron chi connectivity index (χ0n) is 7.19. The molecule has 0 saturated carbocycles. The van der Waals surface area contributed by atoms with E-state index in [-0.39, 0.29) is 10.5 Å². The molecular weight excluding hydrogens is 228 g/mol. The Labute approximate surface area is 88.1 Å². The molecule has 0 spiro atoms.